The van der Waals surface area contributed by atoms with Gasteiger partial charge in [-0.3, -0.25) is 10.1 Å². The number of amides is 3. The quantitative estimate of drug-likeness (QED) is 0.508. The van der Waals surface area contributed by atoms with Crippen LogP contribution in [-0.2, 0) is 4.79 Å². The first-order valence-corrected chi connectivity index (χ1v) is 3.43. The molecule has 0 fully saturated rings. The predicted octanol–water partition coefficient (Wildman–Crippen LogP) is -0.691. The number of imide groups is 1. The molecule has 0 aliphatic carbocycles. The number of primary amides is 1. The molecule has 11 heavy (non-hydrogen) atoms. The van der Waals surface area contributed by atoms with Gasteiger partial charge in [-0.25, -0.2) is 4.79 Å². The van der Waals surface area contributed by atoms with Gasteiger partial charge in [0.1, 0.15) is 0 Å². The molecule has 5 N–H and O–H groups in total. The van der Waals surface area contributed by atoms with Crippen LogP contribution in [0.5, 0.6) is 0 Å². The number of urea groups is 1. The smallest absolute Gasteiger partial charge is 0.318 e. The van der Waals surface area contributed by atoms with Gasteiger partial charge in [0.25, 0.3) is 0 Å². The molecule has 0 saturated heterocycles. The molecular weight excluding hydrogens is 146 g/mol. The molecule has 3 amide bonds. The lowest BCUT2D eigenvalue weighted by Gasteiger charge is -2.07. The fourth-order valence-corrected chi connectivity index (χ4v) is 0.656. The Hall–Kier alpha value is -1.10. The van der Waals surface area contributed by atoms with Gasteiger partial charge < -0.3 is 11.5 Å². The van der Waals surface area contributed by atoms with Crippen molar-refractivity contribution in [2.45, 2.75) is 25.8 Å². The molecule has 0 aromatic carbocycles. The SMILES string of the molecule is CCCC(N)C(=O)NC(N)=O. The van der Waals surface area contributed by atoms with Crippen molar-refractivity contribution in [3.05, 3.63) is 0 Å². The van der Waals surface area contributed by atoms with E-state index in [0.29, 0.717) is 6.42 Å². The van der Waals surface area contributed by atoms with E-state index in [9.17, 15) is 9.59 Å². The van der Waals surface area contributed by atoms with Gasteiger partial charge in [0.05, 0.1) is 6.04 Å². The largest absolute Gasteiger partial charge is 0.351 e. The summed E-state index contributed by atoms with van der Waals surface area (Å²) in [5.41, 5.74) is 10.1. The molecule has 0 saturated carbocycles. The van der Waals surface area contributed by atoms with Gasteiger partial charge >= 0.3 is 6.03 Å². The number of rotatable bonds is 3. The molecule has 0 aliphatic heterocycles. The first kappa shape index (κ1) is 9.90. The zero-order valence-electron chi connectivity index (χ0n) is 6.46. The van der Waals surface area contributed by atoms with E-state index in [1.165, 1.54) is 0 Å². The van der Waals surface area contributed by atoms with E-state index in [2.05, 4.69) is 0 Å². The summed E-state index contributed by atoms with van der Waals surface area (Å²) in [5.74, 6) is -0.514. The van der Waals surface area contributed by atoms with Gasteiger partial charge in [-0.2, -0.15) is 0 Å². The van der Waals surface area contributed by atoms with Crippen LogP contribution in [0, 0.1) is 0 Å². The van der Waals surface area contributed by atoms with Gasteiger partial charge in [-0.05, 0) is 6.42 Å². The van der Waals surface area contributed by atoms with Gasteiger partial charge in [0, 0.05) is 0 Å². The average Bonchev–Trinajstić information content (AvgIpc) is 1.86. The minimum atomic E-state index is -0.860. The molecular formula is C6H13N3O2. The fourth-order valence-electron chi connectivity index (χ4n) is 0.656. The zero-order chi connectivity index (χ0) is 8.85. The Balaban J connectivity index is 3.73. The van der Waals surface area contributed by atoms with E-state index in [0.717, 1.165) is 6.42 Å². The Morgan fingerprint density at radius 1 is 1.55 bits per heavy atom. The topological polar surface area (TPSA) is 98.2 Å². The highest BCUT2D eigenvalue weighted by molar-refractivity contribution is 5.96. The van der Waals surface area contributed by atoms with Crippen molar-refractivity contribution in [3.8, 4) is 0 Å². The molecule has 0 aromatic rings. The maximum atomic E-state index is 10.8. The van der Waals surface area contributed by atoms with Crippen molar-refractivity contribution in [2.75, 3.05) is 0 Å². The number of nitrogens with two attached hydrogens (primary N) is 2. The van der Waals surface area contributed by atoms with Crippen LogP contribution in [0.15, 0.2) is 0 Å². The molecule has 0 spiro atoms. The van der Waals surface area contributed by atoms with Crippen LogP contribution in [0.2, 0.25) is 0 Å². The monoisotopic (exact) mass is 159 g/mol. The summed E-state index contributed by atoms with van der Waals surface area (Å²) in [7, 11) is 0. The molecule has 0 radical (unpaired) electrons. The fraction of sp³-hybridized carbons (Fsp3) is 0.667. The average molecular weight is 159 g/mol. The summed E-state index contributed by atoms with van der Waals surface area (Å²) in [6.45, 7) is 1.90. The van der Waals surface area contributed by atoms with Gasteiger partial charge in [-0.15, -0.1) is 0 Å². The lowest BCUT2D eigenvalue weighted by molar-refractivity contribution is -0.121. The number of carbonyl (C=O) groups is 2. The van der Waals surface area contributed by atoms with E-state index >= 15 is 0 Å². The predicted molar refractivity (Wildman–Crippen MR) is 40.6 cm³/mol. The lowest BCUT2D eigenvalue weighted by atomic mass is 10.2. The highest BCUT2D eigenvalue weighted by atomic mass is 16.2. The summed E-state index contributed by atoms with van der Waals surface area (Å²) in [6, 6.07) is -1.49. The van der Waals surface area contributed by atoms with Crippen molar-refractivity contribution in [1.82, 2.24) is 5.32 Å². The molecule has 1 unspecified atom stereocenters. The van der Waals surface area contributed by atoms with Crippen LogP contribution in [0.4, 0.5) is 4.79 Å². The van der Waals surface area contributed by atoms with Crippen molar-refractivity contribution < 1.29 is 9.59 Å². The summed E-state index contributed by atoms with van der Waals surface area (Å²) in [4.78, 5) is 21.0. The van der Waals surface area contributed by atoms with Gasteiger partial charge in [0.2, 0.25) is 5.91 Å². The highest BCUT2D eigenvalue weighted by Gasteiger charge is 2.12. The summed E-state index contributed by atoms with van der Waals surface area (Å²) in [5, 5.41) is 1.90. The van der Waals surface area contributed by atoms with Crippen LogP contribution >= 0.6 is 0 Å². The second-order valence-corrected chi connectivity index (χ2v) is 2.25. The molecule has 0 heterocycles. The summed E-state index contributed by atoms with van der Waals surface area (Å²) in [6.07, 6.45) is 1.35. The van der Waals surface area contributed by atoms with Crippen molar-refractivity contribution in [3.63, 3.8) is 0 Å². The lowest BCUT2D eigenvalue weighted by Crippen LogP contribution is -2.45. The number of hydrogen-bond acceptors (Lipinski definition) is 3. The normalized spacial score (nSPS) is 12.2. The van der Waals surface area contributed by atoms with Crippen molar-refractivity contribution in [1.29, 1.82) is 0 Å². The number of carbonyl (C=O) groups excluding carboxylic acids is 2. The molecule has 0 bridgehead atoms. The standard InChI is InChI=1S/C6H13N3O2/c1-2-3-4(7)5(10)9-6(8)11/h4H,2-3,7H2,1H3,(H3,8,9,10,11). The third-order valence-corrected chi connectivity index (χ3v) is 1.18. The second kappa shape index (κ2) is 4.68. The molecule has 0 rings (SSSR count). The molecule has 64 valence electrons. The van der Waals surface area contributed by atoms with E-state index in [1.807, 2.05) is 12.2 Å². The maximum absolute atomic E-state index is 10.8. The Morgan fingerprint density at radius 3 is 2.45 bits per heavy atom. The van der Waals surface area contributed by atoms with Crippen molar-refractivity contribution >= 4 is 11.9 Å². The molecule has 0 aliphatic rings. The highest BCUT2D eigenvalue weighted by Crippen LogP contribution is 1.91. The van der Waals surface area contributed by atoms with Crippen LogP contribution in [0.1, 0.15) is 19.8 Å². The molecule has 0 aromatic heterocycles. The maximum Gasteiger partial charge on any atom is 0.318 e. The van der Waals surface area contributed by atoms with E-state index < -0.39 is 18.0 Å². The van der Waals surface area contributed by atoms with E-state index in [-0.39, 0.29) is 0 Å². The molecule has 1 atom stereocenters. The molecule has 5 nitrogen and oxygen atoms in total. The summed E-state index contributed by atoms with van der Waals surface area (Å²) >= 11 is 0. The second-order valence-electron chi connectivity index (χ2n) is 2.25. The first-order valence-electron chi connectivity index (χ1n) is 3.43. The summed E-state index contributed by atoms with van der Waals surface area (Å²) < 4.78 is 0. The first-order chi connectivity index (χ1) is 5.07. The third kappa shape index (κ3) is 4.32. The van der Waals surface area contributed by atoms with E-state index in [4.69, 9.17) is 11.5 Å². The zero-order valence-corrected chi connectivity index (χ0v) is 6.46. The van der Waals surface area contributed by atoms with Crippen molar-refractivity contribution in [2.24, 2.45) is 11.5 Å². The minimum absolute atomic E-state index is 0.514. The van der Waals surface area contributed by atoms with Crippen LogP contribution in [0.25, 0.3) is 0 Å². The Labute approximate surface area is 65.1 Å². The minimum Gasteiger partial charge on any atom is -0.351 e. The van der Waals surface area contributed by atoms with E-state index in [1.54, 1.807) is 0 Å². The Morgan fingerprint density at radius 2 is 2.09 bits per heavy atom. The number of nitrogens with one attached hydrogen (secondary N) is 1. The van der Waals surface area contributed by atoms with Gasteiger partial charge in [0.15, 0.2) is 0 Å². The number of hydrogen-bond donors (Lipinski definition) is 3. The Kier molecular flexibility index (Phi) is 4.21. The van der Waals surface area contributed by atoms with Crippen LogP contribution in [-0.4, -0.2) is 18.0 Å². The molecule has 5 heteroatoms. The van der Waals surface area contributed by atoms with Crippen LogP contribution in [0.3, 0.4) is 0 Å². The third-order valence-electron chi connectivity index (χ3n) is 1.18. The van der Waals surface area contributed by atoms with Gasteiger partial charge in [-0.1, -0.05) is 13.3 Å². The van der Waals surface area contributed by atoms with Crippen LogP contribution < -0.4 is 16.8 Å². The Bertz CT molecular complexity index is 158.